The second kappa shape index (κ2) is 13.8. The number of carbonyl (C=O) groups excluding carboxylic acids is 1. The maximum Gasteiger partial charge on any atom is 0.407 e. The van der Waals surface area contributed by atoms with Crippen molar-refractivity contribution in [1.29, 1.82) is 0 Å². The number of aliphatic hydroxyl groups is 1. The zero-order valence-corrected chi connectivity index (χ0v) is 24.8. The Labute approximate surface area is 242 Å². The van der Waals surface area contributed by atoms with Gasteiger partial charge in [-0.2, -0.15) is 4.31 Å². The van der Waals surface area contributed by atoms with E-state index in [0.717, 1.165) is 5.56 Å². The number of alkyl carbamates (subject to hydrolysis) is 1. The number of aliphatic hydroxyl groups excluding tert-OH is 1. The van der Waals surface area contributed by atoms with Crippen molar-refractivity contribution in [2.45, 2.75) is 68.5 Å². The van der Waals surface area contributed by atoms with Crippen molar-refractivity contribution in [3.8, 4) is 5.75 Å². The fourth-order valence-electron chi connectivity index (χ4n) is 5.27. The summed E-state index contributed by atoms with van der Waals surface area (Å²) < 4.78 is 50.9. The molecule has 1 heterocycles. The van der Waals surface area contributed by atoms with Crippen LogP contribution < -0.4 is 15.4 Å². The standard InChI is InChI=1S/C29H41N3O8S/c1-19(2)16-32(41(35,36)22-10-11-23(30-3)26(15-22)37-4)17-25(33)24(12-20-8-6-5-7-9-20)31-29(34)40-21-13-27-28(14-21)39-18-38-27/h5-11,15,19,21,24-25,27-28,30,33H,12-14,16-18H2,1-4H3,(H,31,34)/t21?,24-,25+,27-,28+/m0/s1. The number of fused-ring (bicyclic) bond motifs is 1. The molecule has 1 unspecified atom stereocenters. The normalized spacial score (nSPS) is 21.9. The Morgan fingerprint density at radius 1 is 1.10 bits per heavy atom. The number of carbonyl (C=O) groups is 1. The molecule has 0 aromatic heterocycles. The van der Waals surface area contributed by atoms with Gasteiger partial charge in [0, 0.05) is 39.0 Å². The molecule has 3 N–H and O–H groups in total. The van der Waals surface area contributed by atoms with E-state index in [1.54, 1.807) is 13.1 Å². The maximum absolute atomic E-state index is 13.8. The third kappa shape index (κ3) is 7.89. The molecule has 2 fully saturated rings. The van der Waals surface area contributed by atoms with E-state index in [1.165, 1.54) is 23.5 Å². The number of anilines is 1. The largest absolute Gasteiger partial charge is 0.495 e. The predicted octanol–water partition coefficient (Wildman–Crippen LogP) is 2.99. The van der Waals surface area contributed by atoms with Gasteiger partial charge >= 0.3 is 6.09 Å². The van der Waals surface area contributed by atoms with Gasteiger partial charge in [-0.3, -0.25) is 0 Å². The summed E-state index contributed by atoms with van der Waals surface area (Å²) >= 11 is 0. The molecule has 0 radical (unpaired) electrons. The third-order valence-corrected chi connectivity index (χ3v) is 9.18. The molecule has 4 rings (SSSR count). The van der Waals surface area contributed by atoms with Crippen LogP contribution in [0.15, 0.2) is 53.4 Å². The maximum atomic E-state index is 13.8. The summed E-state index contributed by atoms with van der Waals surface area (Å²) in [6.07, 6.45) is -1.10. The van der Waals surface area contributed by atoms with Gasteiger partial charge < -0.3 is 34.7 Å². The van der Waals surface area contributed by atoms with E-state index in [4.69, 9.17) is 18.9 Å². The summed E-state index contributed by atoms with van der Waals surface area (Å²) in [5.41, 5.74) is 1.52. The first kappa shape index (κ1) is 31.0. The third-order valence-electron chi connectivity index (χ3n) is 7.35. The van der Waals surface area contributed by atoms with Gasteiger partial charge in [0.05, 0.1) is 42.0 Å². The summed E-state index contributed by atoms with van der Waals surface area (Å²) in [7, 11) is -0.825. The molecule has 2 aromatic carbocycles. The van der Waals surface area contributed by atoms with Crippen LogP contribution in [0.2, 0.25) is 0 Å². The molecule has 226 valence electrons. The first-order valence-electron chi connectivity index (χ1n) is 13.9. The molecule has 0 spiro atoms. The quantitative estimate of drug-likeness (QED) is 0.321. The summed E-state index contributed by atoms with van der Waals surface area (Å²) in [6.45, 7) is 4.00. The molecule has 5 atom stereocenters. The van der Waals surface area contributed by atoms with E-state index >= 15 is 0 Å². The minimum atomic E-state index is -4.02. The highest BCUT2D eigenvalue weighted by Gasteiger charge is 2.42. The van der Waals surface area contributed by atoms with Crippen molar-refractivity contribution in [2.24, 2.45) is 5.92 Å². The Balaban J connectivity index is 1.52. The van der Waals surface area contributed by atoms with Crippen molar-refractivity contribution in [1.82, 2.24) is 9.62 Å². The van der Waals surface area contributed by atoms with Gasteiger partial charge in [0.2, 0.25) is 10.0 Å². The summed E-state index contributed by atoms with van der Waals surface area (Å²) in [6, 6.07) is 13.2. The molecule has 0 bridgehead atoms. The highest BCUT2D eigenvalue weighted by Crippen LogP contribution is 2.32. The van der Waals surface area contributed by atoms with Crippen molar-refractivity contribution in [2.75, 3.05) is 39.4 Å². The average Bonchev–Trinajstić information content (AvgIpc) is 3.54. The van der Waals surface area contributed by atoms with E-state index in [0.29, 0.717) is 24.3 Å². The molecular weight excluding hydrogens is 550 g/mol. The van der Waals surface area contributed by atoms with E-state index < -0.39 is 28.3 Å². The summed E-state index contributed by atoms with van der Waals surface area (Å²) in [5, 5.41) is 17.2. The van der Waals surface area contributed by atoms with Gasteiger partial charge in [0.1, 0.15) is 18.6 Å². The minimum absolute atomic E-state index is 0.0211. The van der Waals surface area contributed by atoms with E-state index in [9.17, 15) is 18.3 Å². The van der Waals surface area contributed by atoms with Crippen LogP contribution in [0.1, 0.15) is 32.3 Å². The highest BCUT2D eigenvalue weighted by atomic mass is 32.2. The van der Waals surface area contributed by atoms with Crippen molar-refractivity contribution in [3.63, 3.8) is 0 Å². The van der Waals surface area contributed by atoms with E-state index in [2.05, 4.69) is 10.6 Å². The number of methoxy groups -OCH3 is 1. The molecule has 2 aliphatic rings. The second-order valence-electron chi connectivity index (χ2n) is 10.9. The fourth-order valence-corrected chi connectivity index (χ4v) is 6.91. The Morgan fingerprint density at radius 2 is 1.78 bits per heavy atom. The summed E-state index contributed by atoms with van der Waals surface area (Å²) in [4.78, 5) is 13.0. The Kier molecular flexibility index (Phi) is 10.5. The average molecular weight is 592 g/mol. The number of benzene rings is 2. The van der Waals surface area contributed by atoms with Crippen LogP contribution in [-0.2, 0) is 30.7 Å². The molecule has 11 nitrogen and oxygen atoms in total. The number of nitrogens with one attached hydrogen (secondary N) is 2. The number of hydrogen-bond donors (Lipinski definition) is 3. The monoisotopic (exact) mass is 591 g/mol. The fraction of sp³-hybridized carbons (Fsp3) is 0.552. The number of nitrogens with zero attached hydrogens (tertiary/aromatic N) is 1. The van der Waals surface area contributed by atoms with Gasteiger partial charge in [-0.05, 0) is 30.0 Å². The van der Waals surface area contributed by atoms with Crippen LogP contribution in [-0.4, -0.2) is 88.4 Å². The Morgan fingerprint density at radius 3 is 2.39 bits per heavy atom. The number of rotatable bonds is 13. The minimum Gasteiger partial charge on any atom is -0.495 e. The number of sulfonamides is 1. The van der Waals surface area contributed by atoms with Crippen LogP contribution >= 0.6 is 0 Å². The molecule has 2 aromatic rings. The molecule has 1 saturated heterocycles. The summed E-state index contributed by atoms with van der Waals surface area (Å²) in [5.74, 6) is 0.365. The zero-order valence-electron chi connectivity index (χ0n) is 24.0. The number of amides is 1. The molecule has 1 amide bonds. The van der Waals surface area contributed by atoms with Crippen molar-refractivity contribution >= 4 is 21.8 Å². The van der Waals surface area contributed by atoms with Crippen LogP contribution in [0.3, 0.4) is 0 Å². The smallest absolute Gasteiger partial charge is 0.407 e. The topological polar surface area (TPSA) is 136 Å². The van der Waals surface area contributed by atoms with Gasteiger partial charge in [-0.1, -0.05) is 44.2 Å². The van der Waals surface area contributed by atoms with Crippen molar-refractivity contribution < 1.29 is 37.3 Å². The Hall–Kier alpha value is -2.90. The molecular formula is C29H41N3O8S. The molecule has 1 aliphatic heterocycles. The van der Waals surface area contributed by atoms with Gasteiger partial charge in [0.15, 0.2) is 0 Å². The SMILES string of the molecule is CNc1ccc(S(=O)(=O)N(CC(C)C)C[C@@H](O)[C@H](Cc2ccccc2)NC(=O)OC2C[C@@H]3OCO[C@@H]3C2)cc1OC. The van der Waals surface area contributed by atoms with E-state index in [-0.39, 0.29) is 55.4 Å². The lowest BCUT2D eigenvalue weighted by molar-refractivity contribution is 0.00201. The lowest BCUT2D eigenvalue weighted by Gasteiger charge is -2.31. The molecule has 12 heteroatoms. The lowest BCUT2D eigenvalue weighted by Crippen LogP contribution is -2.51. The van der Waals surface area contributed by atoms with Gasteiger partial charge in [-0.25, -0.2) is 13.2 Å². The zero-order chi connectivity index (χ0) is 29.6. The van der Waals surface area contributed by atoms with Crippen molar-refractivity contribution in [3.05, 3.63) is 54.1 Å². The van der Waals surface area contributed by atoms with Crippen LogP contribution in [0.4, 0.5) is 10.5 Å². The predicted molar refractivity (Wildman–Crippen MR) is 153 cm³/mol. The van der Waals surface area contributed by atoms with Gasteiger partial charge in [-0.15, -0.1) is 0 Å². The molecule has 1 aliphatic carbocycles. The lowest BCUT2D eigenvalue weighted by atomic mass is 10.0. The van der Waals surface area contributed by atoms with Crippen LogP contribution in [0, 0.1) is 5.92 Å². The molecule has 1 saturated carbocycles. The van der Waals surface area contributed by atoms with Gasteiger partial charge in [0.25, 0.3) is 0 Å². The highest BCUT2D eigenvalue weighted by molar-refractivity contribution is 7.89. The first-order chi connectivity index (χ1) is 19.6. The van der Waals surface area contributed by atoms with Crippen LogP contribution in [0.5, 0.6) is 5.75 Å². The first-order valence-corrected chi connectivity index (χ1v) is 15.3. The second-order valence-corrected chi connectivity index (χ2v) is 12.8. The van der Waals surface area contributed by atoms with E-state index in [1.807, 2.05) is 44.2 Å². The number of ether oxygens (including phenoxy) is 4. The number of hydrogen-bond acceptors (Lipinski definition) is 9. The molecule has 41 heavy (non-hydrogen) atoms. The Bertz CT molecular complexity index is 1250. The van der Waals surface area contributed by atoms with Crippen LogP contribution in [0.25, 0.3) is 0 Å².